The van der Waals surface area contributed by atoms with Crippen LogP contribution in [0.2, 0.25) is 0 Å². The van der Waals surface area contributed by atoms with Crippen molar-refractivity contribution in [1.82, 2.24) is 0 Å². The monoisotopic (exact) mass is 204 g/mol. The van der Waals surface area contributed by atoms with Gasteiger partial charge in [-0.25, -0.2) is 0 Å². The summed E-state index contributed by atoms with van der Waals surface area (Å²) in [4.78, 5) is 22.9. The van der Waals surface area contributed by atoms with Crippen LogP contribution in [0.3, 0.4) is 0 Å². The third-order valence-corrected chi connectivity index (χ3v) is 2.91. The Balaban J connectivity index is 3.53. The van der Waals surface area contributed by atoms with E-state index in [1.54, 1.807) is 0 Å². The first-order valence-corrected chi connectivity index (χ1v) is 4.99. The first-order chi connectivity index (χ1) is 6.86. The van der Waals surface area contributed by atoms with Gasteiger partial charge in [0.05, 0.1) is 0 Å². The summed E-state index contributed by atoms with van der Waals surface area (Å²) in [6, 6.07) is 2.04. The lowest BCUT2D eigenvalue weighted by Gasteiger charge is -2.12. The van der Waals surface area contributed by atoms with Gasteiger partial charge in [0.15, 0.2) is 5.78 Å². The zero-order chi connectivity index (χ0) is 11.7. The van der Waals surface area contributed by atoms with Crippen LogP contribution >= 0.6 is 0 Å². The first-order valence-electron chi connectivity index (χ1n) is 4.99. The lowest BCUT2D eigenvalue weighted by atomic mass is 9.91. The highest BCUT2D eigenvalue weighted by molar-refractivity contribution is 6.43. The minimum absolute atomic E-state index is 0.378. The van der Waals surface area contributed by atoms with Crippen LogP contribution < -0.4 is 0 Å². The number of carbonyl (C=O) groups is 2. The molecule has 0 aliphatic rings. The van der Waals surface area contributed by atoms with Crippen LogP contribution in [0.1, 0.15) is 39.5 Å². The van der Waals surface area contributed by atoms with E-state index in [4.69, 9.17) is 0 Å². The molecule has 0 aromatic heterocycles. The predicted octanol–water partition coefficient (Wildman–Crippen LogP) is 2.69. The van der Waals surface area contributed by atoms with Gasteiger partial charge < -0.3 is 0 Å². The van der Waals surface area contributed by atoms with Crippen LogP contribution in [0.5, 0.6) is 0 Å². The summed E-state index contributed by atoms with van der Waals surface area (Å²) in [6.07, 6.45) is 0. The molecule has 2 nitrogen and oxygen atoms in total. The molecule has 80 valence electrons. The molecule has 1 aromatic carbocycles. The van der Waals surface area contributed by atoms with Gasteiger partial charge in [0.25, 0.3) is 0 Å². The Kier molecular flexibility index (Phi) is 3.08. The number of benzene rings is 1. The third-order valence-electron chi connectivity index (χ3n) is 2.91. The van der Waals surface area contributed by atoms with Gasteiger partial charge in [-0.05, 0) is 49.9 Å². The second-order valence-corrected chi connectivity index (χ2v) is 4.02. The molecule has 0 aliphatic heterocycles. The zero-order valence-corrected chi connectivity index (χ0v) is 9.89. The number of hydrogen-bond acceptors (Lipinski definition) is 2. The molecule has 0 bridgehead atoms. The maximum Gasteiger partial charge on any atom is 0.228 e. The van der Waals surface area contributed by atoms with E-state index in [1.165, 1.54) is 6.92 Å². The maximum absolute atomic E-state index is 11.7. The van der Waals surface area contributed by atoms with E-state index in [1.807, 2.05) is 33.8 Å². The Hall–Kier alpha value is -1.44. The normalized spacial score (nSPS) is 10.2. The summed E-state index contributed by atoms with van der Waals surface area (Å²) < 4.78 is 0. The van der Waals surface area contributed by atoms with E-state index >= 15 is 0 Å². The summed E-state index contributed by atoms with van der Waals surface area (Å²) in [5.74, 6) is -0.775. The predicted molar refractivity (Wildman–Crippen MR) is 60.4 cm³/mol. The number of Topliss-reactive ketones (excluding diaryl/α,β-unsaturated/α-hetero) is 2. The van der Waals surface area contributed by atoms with E-state index in [-0.39, 0.29) is 5.78 Å². The smallest absolute Gasteiger partial charge is 0.228 e. The van der Waals surface area contributed by atoms with Crippen molar-refractivity contribution in [1.29, 1.82) is 0 Å². The van der Waals surface area contributed by atoms with E-state index in [9.17, 15) is 9.59 Å². The van der Waals surface area contributed by atoms with Gasteiger partial charge in [0, 0.05) is 12.5 Å². The molecular formula is C13H16O2. The average molecular weight is 204 g/mol. The largest absolute Gasteiger partial charge is 0.291 e. The van der Waals surface area contributed by atoms with Crippen molar-refractivity contribution < 1.29 is 9.59 Å². The second kappa shape index (κ2) is 3.97. The molecule has 0 atom stereocenters. The van der Waals surface area contributed by atoms with Crippen molar-refractivity contribution in [2.24, 2.45) is 0 Å². The third kappa shape index (κ3) is 1.99. The number of carbonyl (C=O) groups excluding carboxylic acids is 2. The fraction of sp³-hybridized carbons (Fsp3) is 0.385. The SMILES string of the molecule is CC(=O)C(=O)c1c(C)c(C)cc(C)c1C. The summed E-state index contributed by atoms with van der Waals surface area (Å²) in [5, 5.41) is 0. The summed E-state index contributed by atoms with van der Waals surface area (Å²) >= 11 is 0. The molecule has 1 aromatic rings. The lowest BCUT2D eigenvalue weighted by Crippen LogP contribution is -2.14. The van der Waals surface area contributed by atoms with E-state index in [2.05, 4.69) is 0 Å². The molecule has 0 amide bonds. The fourth-order valence-electron chi connectivity index (χ4n) is 1.73. The molecule has 2 heteroatoms. The van der Waals surface area contributed by atoms with Crippen molar-refractivity contribution in [2.75, 3.05) is 0 Å². The number of hydrogen-bond donors (Lipinski definition) is 0. The highest BCUT2D eigenvalue weighted by Gasteiger charge is 2.18. The average Bonchev–Trinajstić information content (AvgIpc) is 2.15. The minimum Gasteiger partial charge on any atom is -0.291 e. The van der Waals surface area contributed by atoms with Crippen molar-refractivity contribution in [3.8, 4) is 0 Å². The topological polar surface area (TPSA) is 34.1 Å². The standard InChI is InChI=1S/C13H16O2/c1-7-6-8(2)10(4)12(9(7)3)13(15)11(5)14/h6H,1-5H3. The molecular weight excluding hydrogens is 188 g/mol. The summed E-state index contributed by atoms with van der Waals surface area (Å²) in [7, 11) is 0. The Morgan fingerprint density at radius 1 is 0.933 bits per heavy atom. The van der Waals surface area contributed by atoms with Crippen molar-refractivity contribution in [2.45, 2.75) is 34.6 Å². The Labute approximate surface area is 90.3 Å². The maximum atomic E-state index is 11.7. The van der Waals surface area contributed by atoms with Crippen LogP contribution in [-0.4, -0.2) is 11.6 Å². The zero-order valence-electron chi connectivity index (χ0n) is 9.89. The molecule has 0 saturated heterocycles. The van der Waals surface area contributed by atoms with Gasteiger partial charge in [0.1, 0.15) is 0 Å². The number of ketones is 2. The number of aryl methyl sites for hydroxylation is 2. The summed E-state index contributed by atoms with van der Waals surface area (Å²) in [5.41, 5.74) is 4.53. The van der Waals surface area contributed by atoms with Gasteiger partial charge in [-0.15, -0.1) is 0 Å². The van der Waals surface area contributed by atoms with Crippen molar-refractivity contribution in [3.05, 3.63) is 33.9 Å². The Morgan fingerprint density at radius 3 is 1.67 bits per heavy atom. The van der Waals surface area contributed by atoms with Crippen LogP contribution in [0.4, 0.5) is 0 Å². The van der Waals surface area contributed by atoms with Gasteiger partial charge in [-0.2, -0.15) is 0 Å². The second-order valence-electron chi connectivity index (χ2n) is 4.02. The highest BCUT2D eigenvalue weighted by Crippen LogP contribution is 2.22. The molecule has 0 unspecified atom stereocenters. The quantitative estimate of drug-likeness (QED) is 0.548. The van der Waals surface area contributed by atoms with Crippen LogP contribution in [0.25, 0.3) is 0 Å². The molecule has 0 aliphatic carbocycles. The van der Waals surface area contributed by atoms with E-state index < -0.39 is 5.78 Å². The van der Waals surface area contributed by atoms with Gasteiger partial charge >= 0.3 is 0 Å². The lowest BCUT2D eigenvalue weighted by molar-refractivity contribution is -0.113. The molecule has 15 heavy (non-hydrogen) atoms. The van der Waals surface area contributed by atoms with Gasteiger partial charge in [-0.1, -0.05) is 6.07 Å². The highest BCUT2D eigenvalue weighted by atomic mass is 16.2. The molecule has 0 radical (unpaired) electrons. The van der Waals surface area contributed by atoms with Gasteiger partial charge in [-0.3, -0.25) is 9.59 Å². The van der Waals surface area contributed by atoms with Crippen molar-refractivity contribution >= 4 is 11.6 Å². The molecule has 0 N–H and O–H groups in total. The molecule has 1 rings (SSSR count). The molecule has 0 heterocycles. The Morgan fingerprint density at radius 2 is 1.33 bits per heavy atom. The molecule has 0 fully saturated rings. The number of rotatable bonds is 2. The fourth-order valence-corrected chi connectivity index (χ4v) is 1.73. The first kappa shape index (κ1) is 11.6. The van der Waals surface area contributed by atoms with Crippen LogP contribution in [-0.2, 0) is 4.79 Å². The molecule has 0 saturated carbocycles. The van der Waals surface area contributed by atoms with Crippen LogP contribution in [0, 0.1) is 27.7 Å². The Bertz CT molecular complexity index is 416. The van der Waals surface area contributed by atoms with Crippen molar-refractivity contribution in [3.63, 3.8) is 0 Å². The van der Waals surface area contributed by atoms with Gasteiger partial charge in [0.2, 0.25) is 5.78 Å². The summed E-state index contributed by atoms with van der Waals surface area (Å²) in [6.45, 7) is 9.01. The molecule has 0 spiro atoms. The van der Waals surface area contributed by atoms with E-state index in [0.717, 1.165) is 22.3 Å². The van der Waals surface area contributed by atoms with E-state index in [0.29, 0.717) is 5.56 Å². The van der Waals surface area contributed by atoms with Crippen LogP contribution in [0.15, 0.2) is 6.07 Å². The minimum atomic E-state index is -0.397.